The maximum absolute atomic E-state index is 12.8. The standard InChI is InChI=1S/C20H21F3N2O2/c1-27-17-9-7-15(8-10-17)18(14-5-6-14)25-19(26)24-12-13-3-2-4-16(11-13)20(21,22)23/h2-4,7-11,14,18H,5-6,12H2,1H3,(H2,24,25,26). The van der Waals surface area contributed by atoms with Crippen LogP contribution in [0.4, 0.5) is 18.0 Å². The molecule has 2 amide bonds. The summed E-state index contributed by atoms with van der Waals surface area (Å²) < 4.78 is 43.5. The van der Waals surface area contributed by atoms with E-state index in [-0.39, 0.29) is 12.6 Å². The van der Waals surface area contributed by atoms with Gasteiger partial charge in [0.05, 0.1) is 18.7 Å². The van der Waals surface area contributed by atoms with E-state index in [2.05, 4.69) is 10.6 Å². The van der Waals surface area contributed by atoms with E-state index in [0.717, 1.165) is 36.3 Å². The molecule has 144 valence electrons. The van der Waals surface area contributed by atoms with Gasteiger partial charge in [-0.25, -0.2) is 4.79 Å². The lowest BCUT2D eigenvalue weighted by molar-refractivity contribution is -0.137. The van der Waals surface area contributed by atoms with E-state index in [9.17, 15) is 18.0 Å². The third kappa shape index (κ3) is 5.15. The molecule has 2 aromatic carbocycles. The van der Waals surface area contributed by atoms with Crippen LogP contribution in [0.5, 0.6) is 5.75 Å². The second-order valence-electron chi connectivity index (χ2n) is 6.61. The molecule has 4 nitrogen and oxygen atoms in total. The van der Waals surface area contributed by atoms with Crippen LogP contribution in [0.25, 0.3) is 0 Å². The highest BCUT2D eigenvalue weighted by atomic mass is 19.4. The Kier molecular flexibility index (Phi) is 5.58. The molecule has 0 radical (unpaired) electrons. The minimum absolute atomic E-state index is 0.0236. The third-order valence-corrected chi connectivity index (χ3v) is 4.56. The van der Waals surface area contributed by atoms with Gasteiger partial charge in [-0.15, -0.1) is 0 Å². The summed E-state index contributed by atoms with van der Waals surface area (Å²) in [5, 5.41) is 5.58. The normalized spacial score (nSPS) is 15.1. The molecule has 2 aromatic rings. The van der Waals surface area contributed by atoms with Crippen molar-refractivity contribution in [2.45, 2.75) is 31.6 Å². The van der Waals surface area contributed by atoms with Crippen LogP contribution in [0.2, 0.25) is 0 Å². The van der Waals surface area contributed by atoms with Crippen molar-refractivity contribution in [3.8, 4) is 5.75 Å². The van der Waals surface area contributed by atoms with Crippen molar-refractivity contribution in [1.82, 2.24) is 10.6 Å². The zero-order valence-electron chi connectivity index (χ0n) is 14.8. The second-order valence-corrected chi connectivity index (χ2v) is 6.61. The van der Waals surface area contributed by atoms with Gasteiger partial charge >= 0.3 is 12.2 Å². The molecule has 1 fully saturated rings. The predicted molar refractivity (Wildman–Crippen MR) is 95.3 cm³/mol. The summed E-state index contributed by atoms with van der Waals surface area (Å²) in [4.78, 5) is 12.3. The fourth-order valence-electron chi connectivity index (χ4n) is 2.95. The zero-order chi connectivity index (χ0) is 19.4. The van der Waals surface area contributed by atoms with E-state index in [1.807, 2.05) is 24.3 Å². The molecule has 0 heterocycles. The second kappa shape index (κ2) is 7.90. The molecule has 0 aliphatic heterocycles. The lowest BCUT2D eigenvalue weighted by atomic mass is 10.0. The van der Waals surface area contributed by atoms with Gasteiger partial charge in [0.25, 0.3) is 0 Å². The summed E-state index contributed by atoms with van der Waals surface area (Å²) in [6.45, 7) is 0.0236. The van der Waals surface area contributed by atoms with E-state index < -0.39 is 17.8 Å². The van der Waals surface area contributed by atoms with Gasteiger partial charge in [0.1, 0.15) is 5.75 Å². The first kappa shape index (κ1) is 19.1. The van der Waals surface area contributed by atoms with E-state index >= 15 is 0 Å². The van der Waals surface area contributed by atoms with Crippen LogP contribution in [0.1, 0.15) is 35.6 Å². The highest BCUT2D eigenvalue weighted by molar-refractivity contribution is 5.74. The highest BCUT2D eigenvalue weighted by Gasteiger charge is 2.33. The first-order chi connectivity index (χ1) is 12.9. The summed E-state index contributed by atoms with van der Waals surface area (Å²) in [6, 6.07) is 11.9. The molecular weight excluding hydrogens is 357 g/mol. The number of rotatable bonds is 6. The molecule has 1 aliphatic rings. The molecule has 0 saturated heterocycles. The largest absolute Gasteiger partial charge is 0.497 e. The number of carbonyl (C=O) groups is 1. The Morgan fingerprint density at radius 1 is 1.19 bits per heavy atom. The Labute approximate surface area is 155 Å². The van der Waals surface area contributed by atoms with Gasteiger partial charge in [-0.3, -0.25) is 0 Å². The molecule has 27 heavy (non-hydrogen) atoms. The smallest absolute Gasteiger partial charge is 0.416 e. The zero-order valence-corrected chi connectivity index (χ0v) is 14.8. The van der Waals surface area contributed by atoms with Crippen LogP contribution in [-0.4, -0.2) is 13.1 Å². The van der Waals surface area contributed by atoms with Gasteiger partial charge in [0.2, 0.25) is 0 Å². The number of halogens is 3. The Morgan fingerprint density at radius 2 is 1.89 bits per heavy atom. The lowest BCUT2D eigenvalue weighted by Crippen LogP contribution is -2.38. The molecular formula is C20H21F3N2O2. The van der Waals surface area contributed by atoms with Crippen molar-refractivity contribution in [2.75, 3.05) is 7.11 Å². The molecule has 0 aromatic heterocycles. The molecule has 1 unspecified atom stereocenters. The Balaban J connectivity index is 1.60. The number of amides is 2. The van der Waals surface area contributed by atoms with Crippen molar-refractivity contribution in [3.05, 3.63) is 65.2 Å². The quantitative estimate of drug-likeness (QED) is 0.768. The van der Waals surface area contributed by atoms with Gasteiger partial charge in [0, 0.05) is 6.54 Å². The number of nitrogens with one attached hydrogen (secondary N) is 2. The van der Waals surface area contributed by atoms with Gasteiger partial charge in [-0.2, -0.15) is 13.2 Å². The number of alkyl halides is 3. The first-order valence-corrected chi connectivity index (χ1v) is 8.71. The fourth-order valence-corrected chi connectivity index (χ4v) is 2.95. The van der Waals surface area contributed by atoms with Crippen LogP contribution in [0.15, 0.2) is 48.5 Å². The summed E-state index contributed by atoms with van der Waals surface area (Å²) in [5.74, 6) is 1.11. The monoisotopic (exact) mass is 378 g/mol. The predicted octanol–water partition coefficient (Wildman–Crippen LogP) is 4.66. The average Bonchev–Trinajstić information content (AvgIpc) is 3.49. The number of ether oxygens (including phenoxy) is 1. The topological polar surface area (TPSA) is 50.4 Å². The van der Waals surface area contributed by atoms with Crippen LogP contribution in [-0.2, 0) is 12.7 Å². The van der Waals surface area contributed by atoms with Crippen molar-refractivity contribution < 1.29 is 22.7 Å². The molecule has 2 N–H and O–H groups in total. The molecule has 1 aliphatic carbocycles. The van der Waals surface area contributed by atoms with E-state index in [0.29, 0.717) is 11.5 Å². The van der Waals surface area contributed by atoms with Gasteiger partial charge < -0.3 is 15.4 Å². The van der Waals surface area contributed by atoms with Gasteiger partial charge in [-0.1, -0.05) is 24.3 Å². The molecule has 1 atom stereocenters. The average molecular weight is 378 g/mol. The number of methoxy groups -OCH3 is 1. The first-order valence-electron chi connectivity index (χ1n) is 8.71. The Morgan fingerprint density at radius 3 is 2.48 bits per heavy atom. The minimum Gasteiger partial charge on any atom is -0.497 e. The van der Waals surface area contributed by atoms with Crippen molar-refractivity contribution in [2.24, 2.45) is 5.92 Å². The summed E-state index contributed by atoms with van der Waals surface area (Å²) in [7, 11) is 1.59. The Bertz CT molecular complexity index is 787. The highest BCUT2D eigenvalue weighted by Crippen LogP contribution is 2.41. The Hall–Kier alpha value is -2.70. The number of benzene rings is 2. The summed E-state index contributed by atoms with van der Waals surface area (Å²) in [6.07, 6.45) is -2.33. The maximum Gasteiger partial charge on any atom is 0.416 e. The fraction of sp³-hybridized carbons (Fsp3) is 0.350. The van der Waals surface area contributed by atoms with Crippen LogP contribution in [0.3, 0.4) is 0 Å². The molecule has 0 spiro atoms. The van der Waals surface area contributed by atoms with Crippen molar-refractivity contribution in [1.29, 1.82) is 0 Å². The minimum atomic E-state index is -4.40. The van der Waals surface area contributed by atoms with Crippen LogP contribution >= 0.6 is 0 Å². The van der Waals surface area contributed by atoms with Crippen molar-refractivity contribution >= 4 is 6.03 Å². The maximum atomic E-state index is 12.8. The third-order valence-electron chi connectivity index (χ3n) is 4.56. The van der Waals surface area contributed by atoms with Crippen LogP contribution in [0, 0.1) is 5.92 Å². The molecule has 1 saturated carbocycles. The van der Waals surface area contributed by atoms with E-state index in [4.69, 9.17) is 4.74 Å². The number of urea groups is 1. The van der Waals surface area contributed by atoms with Crippen molar-refractivity contribution in [3.63, 3.8) is 0 Å². The molecule has 7 heteroatoms. The summed E-state index contributed by atoms with van der Waals surface area (Å²) >= 11 is 0. The van der Waals surface area contributed by atoms with E-state index in [1.165, 1.54) is 6.07 Å². The summed E-state index contributed by atoms with van der Waals surface area (Å²) in [5.41, 5.74) is 0.649. The molecule has 3 rings (SSSR count). The van der Waals surface area contributed by atoms with Crippen LogP contribution < -0.4 is 15.4 Å². The lowest BCUT2D eigenvalue weighted by Gasteiger charge is -2.19. The number of carbonyl (C=O) groups excluding carboxylic acids is 1. The van der Waals surface area contributed by atoms with Gasteiger partial charge in [0.15, 0.2) is 0 Å². The molecule has 0 bridgehead atoms. The number of hydrogen-bond donors (Lipinski definition) is 2. The number of hydrogen-bond acceptors (Lipinski definition) is 2. The van der Waals surface area contributed by atoms with Gasteiger partial charge in [-0.05, 0) is 54.2 Å². The van der Waals surface area contributed by atoms with E-state index in [1.54, 1.807) is 13.2 Å². The SMILES string of the molecule is COc1ccc(C(NC(=O)NCc2cccc(C(F)(F)F)c2)C2CC2)cc1.